The lowest BCUT2D eigenvalue weighted by atomic mass is 9.96. The van der Waals surface area contributed by atoms with Crippen LogP contribution in [0.25, 0.3) is 0 Å². The number of ether oxygens (including phenoxy) is 1. The van der Waals surface area contributed by atoms with Gasteiger partial charge in [-0.2, -0.15) is 4.89 Å². The van der Waals surface area contributed by atoms with Gasteiger partial charge in [-0.1, -0.05) is 19.1 Å². The molecule has 1 saturated heterocycles. The number of rotatable bonds is 4. The third kappa shape index (κ3) is 2.54. The Kier molecular flexibility index (Phi) is 3.55. The van der Waals surface area contributed by atoms with Crippen molar-refractivity contribution in [3.05, 3.63) is 29.3 Å². The molecule has 1 aliphatic rings. The van der Waals surface area contributed by atoms with Crippen LogP contribution in [0.5, 0.6) is 0 Å². The maximum absolute atomic E-state index is 11.3. The highest BCUT2D eigenvalue weighted by molar-refractivity contribution is 7.47. The molecule has 2 atom stereocenters. The third-order valence-electron chi connectivity index (χ3n) is 2.96. The average Bonchev–Trinajstić information content (AvgIpc) is 2.26. The zero-order chi connectivity index (χ0) is 12.4. The smallest absolute Gasteiger partial charge is 0.461 e. The summed E-state index contributed by atoms with van der Waals surface area (Å²) in [5.74, 6) is -0.195. The molecule has 17 heavy (non-hydrogen) atoms. The van der Waals surface area contributed by atoms with Crippen molar-refractivity contribution in [1.29, 1.82) is 0 Å². The van der Waals surface area contributed by atoms with E-state index in [2.05, 4.69) is 0 Å². The molecule has 0 bridgehead atoms. The fourth-order valence-corrected chi connectivity index (χ4v) is 2.75. The Morgan fingerprint density at radius 3 is 2.76 bits per heavy atom. The second-order valence-electron chi connectivity index (χ2n) is 4.06. The number of hydrogen-bond acceptors (Lipinski definition) is 3. The molecule has 2 unspecified atom stereocenters. The van der Waals surface area contributed by atoms with Crippen molar-refractivity contribution in [2.75, 3.05) is 0 Å². The quantitative estimate of drug-likeness (QED) is 0.652. The number of hydrogen-bond donors (Lipinski definition) is 1. The molecule has 5 heteroatoms. The SMILES string of the molecule is CCc1cccc([P+](=O)O)c1CC1CC(=O)O1. The summed E-state index contributed by atoms with van der Waals surface area (Å²) in [5, 5.41) is 0.460. The minimum atomic E-state index is -2.35. The average molecular weight is 253 g/mol. The summed E-state index contributed by atoms with van der Waals surface area (Å²) in [6.45, 7) is 2.00. The summed E-state index contributed by atoms with van der Waals surface area (Å²) >= 11 is 0. The van der Waals surface area contributed by atoms with Gasteiger partial charge in [-0.15, -0.1) is 0 Å². The molecular weight excluding hydrogens is 239 g/mol. The topological polar surface area (TPSA) is 63.6 Å². The van der Waals surface area contributed by atoms with Gasteiger partial charge in [0, 0.05) is 12.0 Å². The van der Waals surface area contributed by atoms with Gasteiger partial charge in [0.15, 0.2) is 0 Å². The summed E-state index contributed by atoms with van der Waals surface area (Å²) in [6.07, 6.45) is 1.60. The molecular formula is C12H14O4P+. The van der Waals surface area contributed by atoms with Crippen LogP contribution in [0.1, 0.15) is 24.5 Å². The van der Waals surface area contributed by atoms with Crippen LogP contribution in [0.2, 0.25) is 0 Å². The summed E-state index contributed by atoms with van der Waals surface area (Å²) in [6, 6.07) is 5.39. The zero-order valence-corrected chi connectivity index (χ0v) is 10.4. The van der Waals surface area contributed by atoms with Crippen LogP contribution in [-0.2, 0) is 26.9 Å². The highest BCUT2D eigenvalue weighted by Gasteiger charge is 2.32. The van der Waals surface area contributed by atoms with E-state index in [1.54, 1.807) is 12.1 Å². The lowest BCUT2D eigenvalue weighted by Gasteiger charge is -2.26. The van der Waals surface area contributed by atoms with Crippen LogP contribution in [0.4, 0.5) is 0 Å². The molecule has 0 aromatic heterocycles. The van der Waals surface area contributed by atoms with Gasteiger partial charge in [0.2, 0.25) is 5.30 Å². The summed E-state index contributed by atoms with van der Waals surface area (Å²) in [5.41, 5.74) is 1.90. The normalized spacial score (nSPS) is 19.5. The predicted octanol–water partition coefficient (Wildman–Crippen LogP) is 1.47. The largest absolute Gasteiger partial charge is 0.546 e. The summed E-state index contributed by atoms with van der Waals surface area (Å²) in [7, 11) is -2.35. The molecule has 1 heterocycles. The van der Waals surface area contributed by atoms with Crippen molar-refractivity contribution < 1.29 is 19.0 Å². The van der Waals surface area contributed by atoms with Crippen LogP contribution in [0, 0.1) is 0 Å². The van der Waals surface area contributed by atoms with E-state index in [4.69, 9.17) is 4.74 Å². The molecule has 1 aromatic rings. The molecule has 0 aliphatic carbocycles. The van der Waals surface area contributed by atoms with E-state index < -0.39 is 8.03 Å². The van der Waals surface area contributed by atoms with Crippen LogP contribution < -0.4 is 5.30 Å². The highest BCUT2D eigenvalue weighted by atomic mass is 31.1. The summed E-state index contributed by atoms with van der Waals surface area (Å²) in [4.78, 5) is 20.0. The van der Waals surface area contributed by atoms with E-state index in [0.29, 0.717) is 18.1 Å². The Morgan fingerprint density at radius 2 is 2.24 bits per heavy atom. The molecule has 0 amide bonds. The summed E-state index contributed by atoms with van der Waals surface area (Å²) < 4.78 is 16.2. The second-order valence-corrected chi connectivity index (χ2v) is 5.09. The number of esters is 1. The van der Waals surface area contributed by atoms with Crippen molar-refractivity contribution >= 4 is 19.3 Å². The van der Waals surface area contributed by atoms with E-state index in [9.17, 15) is 14.3 Å². The van der Waals surface area contributed by atoms with Gasteiger partial charge in [-0.05, 0) is 22.6 Å². The van der Waals surface area contributed by atoms with Crippen molar-refractivity contribution in [3.8, 4) is 0 Å². The number of cyclic esters (lactones) is 1. The molecule has 1 fully saturated rings. The van der Waals surface area contributed by atoms with Crippen molar-refractivity contribution in [2.45, 2.75) is 32.3 Å². The Hall–Kier alpha value is -1.25. The fourth-order valence-electron chi connectivity index (χ4n) is 2.07. The Morgan fingerprint density at radius 1 is 1.53 bits per heavy atom. The standard InChI is InChI=1S/C12H13O4P/c1-2-8-4-3-5-11(17(14)15)10(8)6-9-7-12(13)16-9/h3-5,9H,2,6-7H2,1H3/p+1. The molecule has 0 saturated carbocycles. The third-order valence-corrected chi connectivity index (χ3v) is 3.79. The van der Waals surface area contributed by atoms with E-state index in [0.717, 1.165) is 17.5 Å². The van der Waals surface area contributed by atoms with Crippen molar-refractivity contribution in [3.63, 3.8) is 0 Å². The Bertz CT molecular complexity index is 462. The number of aryl methyl sites for hydroxylation is 1. The van der Waals surface area contributed by atoms with Gasteiger partial charge in [0.25, 0.3) is 0 Å². The van der Waals surface area contributed by atoms with Crippen LogP contribution in [0.15, 0.2) is 18.2 Å². The molecule has 90 valence electrons. The predicted molar refractivity (Wildman–Crippen MR) is 63.5 cm³/mol. The van der Waals surface area contributed by atoms with E-state index in [-0.39, 0.29) is 12.1 Å². The molecule has 0 spiro atoms. The molecule has 2 rings (SSSR count). The Labute approximate surface area is 100 Å². The van der Waals surface area contributed by atoms with Crippen LogP contribution >= 0.6 is 8.03 Å². The van der Waals surface area contributed by atoms with Gasteiger partial charge < -0.3 is 4.74 Å². The fraction of sp³-hybridized carbons (Fsp3) is 0.417. The van der Waals surface area contributed by atoms with Crippen molar-refractivity contribution in [2.24, 2.45) is 0 Å². The lowest BCUT2D eigenvalue weighted by molar-refractivity contribution is -0.169. The molecule has 1 aliphatic heterocycles. The molecule has 4 nitrogen and oxygen atoms in total. The van der Waals surface area contributed by atoms with Gasteiger partial charge in [0.1, 0.15) is 6.10 Å². The Balaban J connectivity index is 2.28. The van der Waals surface area contributed by atoms with Gasteiger partial charge in [-0.25, -0.2) is 0 Å². The first-order valence-electron chi connectivity index (χ1n) is 5.58. The molecule has 0 radical (unpaired) electrons. The first-order valence-corrected chi connectivity index (χ1v) is 6.79. The van der Waals surface area contributed by atoms with Gasteiger partial charge in [-0.3, -0.25) is 4.79 Å². The van der Waals surface area contributed by atoms with E-state index >= 15 is 0 Å². The lowest BCUT2D eigenvalue weighted by Crippen LogP contribution is -2.35. The minimum Gasteiger partial charge on any atom is -0.461 e. The maximum atomic E-state index is 11.3. The minimum absolute atomic E-state index is 0.135. The van der Waals surface area contributed by atoms with E-state index in [1.165, 1.54) is 0 Å². The van der Waals surface area contributed by atoms with Crippen molar-refractivity contribution in [1.82, 2.24) is 0 Å². The first kappa shape index (κ1) is 12.2. The highest BCUT2D eigenvalue weighted by Crippen LogP contribution is 2.25. The second kappa shape index (κ2) is 4.94. The van der Waals surface area contributed by atoms with Gasteiger partial charge in [0.05, 0.1) is 6.42 Å². The maximum Gasteiger partial charge on any atom is 0.546 e. The molecule has 1 aromatic carbocycles. The monoisotopic (exact) mass is 253 g/mol. The van der Waals surface area contributed by atoms with Crippen LogP contribution in [0.3, 0.4) is 0 Å². The zero-order valence-electron chi connectivity index (χ0n) is 9.55. The molecule has 1 N–H and O–H groups in total. The number of carbonyl (C=O) groups is 1. The van der Waals surface area contributed by atoms with Gasteiger partial charge >= 0.3 is 14.0 Å². The first-order chi connectivity index (χ1) is 8.11. The number of carbonyl (C=O) groups excluding carboxylic acids is 1. The van der Waals surface area contributed by atoms with E-state index in [1.807, 2.05) is 13.0 Å². The number of benzene rings is 1. The van der Waals surface area contributed by atoms with Crippen LogP contribution in [-0.4, -0.2) is 17.0 Å².